The molecular formula is C11H14ClN3O5S. The van der Waals surface area contributed by atoms with Crippen molar-refractivity contribution in [3.05, 3.63) is 17.3 Å². The van der Waals surface area contributed by atoms with Gasteiger partial charge in [-0.25, -0.2) is 23.3 Å². The lowest BCUT2D eigenvalue weighted by molar-refractivity contribution is 0.151. The largest absolute Gasteiger partial charge is 0.476 e. The SMILES string of the molecule is NS(=O)(=O)c1cnc(OCC2CCN(C(=O)O)C2)c(Cl)c1. The van der Waals surface area contributed by atoms with Crippen LogP contribution in [0.5, 0.6) is 5.88 Å². The number of ether oxygens (including phenoxy) is 1. The number of aromatic nitrogens is 1. The van der Waals surface area contributed by atoms with Gasteiger partial charge in [-0.15, -0.1) is 0 Å². The van der Waals surface area contributed by atoms with E-state index in [0.717, 1.165) is 12.3 Å². The van der Waals surface area contributed by atoms with E-state index in [-0.39, 0.29) is 28.3 Å². The van der Waals surface area contributed by atoms with Gasteiger partial charge in [0.05, 0.1) is 12.8 Å². The van der Waals surface area contributed by atoms with E-state index in [1.54, 1.807) is 0 Å². The summed E-state index contributed by atoms with van der Waals surface area (Å²) in [6.45, 7) is 1.11. The van der Waals surface area contributed by atoms with Crippen LogP contribution in [0.15, 0.2) is 17.2 Å². The third kappa shape index (κ3) is 3.96. The van der Waals surface area contributed by atoms with Crippen LogP contribution in [-0.4, -0.2) is 49.2 Å². The molecule has 1 saturated heterocycles. The van der Waals surface area contributed by atoms with E-state index in [9.17, 15) is 13.2 Å². The highest BCUT2D eigenvalue weighted by molar-refractivity contribution is 7.89. The number of sulfonamides is 1. The van der Waals surface area contributed by atoms with Crippen LogP contribution in [0.3, 0.4) is 0 Å². The summed E-state index contributed by atoms with van der Waals surface area (Å²) in [5.74, 6) is 0.148. The molecule has 0 bridgehead atoms. The van der Waals surface area contributed by atoms with Crippen molar-refractivity contribution >= 4 is 27.7 Å². The van der Waals surface area contributed by atoms with Crippen LogP contribution in [0.4, 0.5) is 4.79 Å². The third-order valence-corrected chi connectivity index (χ3v) is 4.27. The summed E-state index contributed by atoms with van der Waals surface area (Å²) < 4.78 is 27.7. The average molecular weight is 336 g/mol. The number of primary sulfonamides is 1. The van der Waals surface area contributed by atoms with Crippen molar-refractivity contribution in [2.24, 2.45) is 11.1 Å². The van der Waals surface area contributed by atoms with Gasteiger partial charge in [0, 0.05) is 19.0 Å². The number of carbonyl (C=O) groups is 1. The quantitative estimate of drug-likeness (QED) is 0.837. The first-order chi connectivity index (χ1) is 9.77. The molecule has 0 aliphatic carbocycles. The zero-order chi connectivity index (χ0) is 15.6. The molecule has 2 rings (SSSR count). The van der Waals surface area contributed by atoms with Crippen LogP contribution >= 0.6 is 11.6 Å². The van der Waals surface area contributed by atoms with Crippen LogP contribution in [0.1, 0.15) is 6.42 Å². The number of nitrogens with zero attached hydrogens (tertiary/aromatic N) is 2. The molecule has 0 aromatic carbocycles. The Morgan fingerprint density at radius 2 is 2.33 bits per heavy atom. The molecule has 1 atom stereocenters. The van der Waals surface area contributed by atoms with Crippen molar-refractivity contribution in [1.29, 1.82) is 0 Å². The maximum atomic E-state index is 11.1. The topological polar surface area (TPSA) is 123 Å². The molecule has 3 N–H and O–H groups in total. The van der Waals surface area contributed by atoms with E-state index in [4.69, 9.17) is 26.6 Å². The monoisotopic (exact) mass is 335 g/mol. The molecule has 1 amide bonds. The lowest BCUT2D eigenvalue weighted by Crippen LogP contribution is -2.27. The number of halogens is 1. The second-order valence-electron chi connectivity index (χ2n) is 4.70. The summed E-state index contributed by atoms with van der Waals surface area (Å²) >= 11 is 5.89. The Hall–Kier alpha value is -1.58. The number of amides is 1. The van der Waals surface area contributed by atoms with Gasteiger partial charge in [-0.05, 0) is 12.5 Å². The van der Waals surface area contributed by atoms with E-state index >= 15 is 0 Å². The van der Waals surface area contributed by atoms with E-state index < -0.39 is 16.1 Å². The van der Waals surface area contributed by atoms with Gasteiger partial charge >= 0.3 is 6.09 Å². The van der Waals surface area contributed by atoms with Gasteiger partial charge in [0.2, 0.25) is 15.9 Å². The minimum absolute atomic E-state index is 0.0367. The first-order valence-corrected chi connectivity index (χ1v) is 7.99. The summed E-state index contributed by atoms with van der Waals surface area (Å²) in [5, 5.41) is 13.9. The van der Waals surface area contributed by atoms with Gasteiger partial charge in [0.1, 0.15) is 9.92 Å². The normalized spacial score (nSPS) is 18.8. The summed E-state index contributed by atoms with van der Waals surface area (Å²) in [6, 6.07) is 1.16. The molecule has 1 fully saturated rings. The number of hydrogen-bond donors (Lipinski definition) is 2. The molecule has 0 spiro atoms. The fourth-order valence-electron chi connectivity index (χ4n) is 2.01. The molecule has 8 nitrogen and oxygen atoms in total. The van der Waals surface area contributed by atoms with Gasteiger partial charge < -0.3 is 14.7 Å². The fourth-order valence-corrected chi connectivity index (χ4v) is 2.78. The minimum Gasteiger partial charge on any atom is -0.476 e. The van der Waals surface area contributed by atoms with Crippen molar-refractivity contribution in [2.45, 2.75) is 11.3 Å². The number of rotatable bonds is 4. The number of pyridine rings is 1. The molecule has 1 aromatic rings. The lowest BCUT2D eigenvalue weighted by Gasteiger charge is -2.13. The van der Waals surface area contributed by atoms with Crippen molar-refractivity contribution < 1.29 is 23.1 Å². The molecule has 1 aliphatic heterocycles. The van der Waals surface area contributed by atoms with E-state index in [1.807, 2.05) is 0 Å². The third-order valence-electron chi connectivity index (χ3n) is 3.12. The Balaban J connectivity index is 1.97. The predicted octanol–water partition coefficient (Wildman–Crippen LogP) is 0.761. The van der Waals surface area contributed by atoms with Crippen LogP contribution in [-0.2, 0) is 10.0 Å². The van der Waals surface area contributed by atoms with Crippen molar-refractivity contribution in [2.75, 3.05) is 19.7 Å². The van der Waals surface area contributed by atoms with Gasteiger partial charge in [0.15, 0.2) is 0 Å². The van der Waals surface area contributed by atoms with Crippen molar-refractivity contribution in [3.8, 4) is 5.88 Å². The average Bonchev–Trinajstić information content (AvgIpc) is 2.85. The first kappa shape index (κ1) is 15.8. The number of hydrogen-bond acceptors (Lipinski definition) is 5. The summed E-state index contributed by atoms with van der Waals surface area (Å²) in [4.78, 5) is 15.7. The van der Waals surface area contributed by atoms with Gasteiger partial charge in [-0.2, -0.15) is 0 Å². The number of carboxylic acid groups (broad SMARTS) is 1. The summed E-state index contributed by atoms with van der Waals surface area (Å²) in [6.07, 6.45) is 0.805. The second-order valence-corrected chi connectivity index (χ2v) is 6.67. The highest BCUT2D eigenvalue weighted by Gasteiger charge is 2.26. The van der Waals surface area contributed by atoms with Crippen molar-refractivity contribution in [3.63, 3.8) is 0 Å². The molecule has 10 heteroatoms. The lowest BCUT2D eigenvalue weighted by atomic mass is 10.1. The van der Waals surface area contributed by atoms with Crippen molar-refractivity contribution in [1.82, 2.24) is 9.88 Å². The van der Waals surface area contributed by atoms with Crippen LogP contribution in [0.25, 0.3) is 0 Å². The Morgan fingerprint density at radius 3 is 2.86 bits per heavy atom. The molecular weight excluding hydrogens is 322 g/mol. The first-order valence-electron chi connectivity index (χ1n) is 6.06. The molecule has 1 unspecified atom stereocenters. The summed E-state index contributed by atoms with van der Waals surface area (Å²) in [7, 11) is -3.86. The van der Waals surface area contributed by atoms with Crippen LogP contribution in [0.2, 0.25) is 5.02 Å². The molecule has 0 saturated carbocycles. The van der Waals surface area contributed by atoms with Gasteiger partial charge in [0.25, 0.3) is 0 Å². The Bertz CT molecular complexity index is 651. The van der Waals surface area contributed by atoms with Gasteiger partial charge in [-0.3, -0.25) is 0 Å². The molecule has 1 aromatic heterocycles. The van der Waals surface area contributed by atoms with E-state index in [2.05, 4.69) is 4.98 Å². The maximum Gasteiger partial charge on any atom is 0.407 e. The van der Waals surface area contributed by atoms with E-state index in [0.29, 0.717) is 19.5 Å². The Labute approximate surface area is 126 Å². The molecule has 116 valence electrons. The smallest absolute Gasteiger partial charge is 0.407 e. The van der Waals surface area contributed by atoms with E-state index in [1.165, 1.54) is 4.90 Å². The Morgan fingerprint density at radius 1 is 1.62 bits per heavy atom. The zero-order valence-electron chi connectivity index (χ0n) is 10.9. The number of likely N-dealkylation sites (tertiary alicyclic amines) is 1. The Kier molecular flexibility index (Phi) is 4.55. The molecule has 1 aliphatic rings. The van der Waals surface area contributed by atoms with Gasteiger partial charge in [-0.1, -0.05) is 11.6 Å². The highest BCUT2D eigenvalue weighted by Crippen LogP contribution is 2.25. The fraction of sp³-hybridized carbons (Fsp3) is 0.455. The molecule has 21 heavy (non-hydrogen) atoms. The zero-order valence-corrected chi connectivity index (χ0v) is 12.5. The highest BCUT2D eigenvalue weighted by atomic mass is 35.5. The number of nitrogens with two attached hydrogens (primary N) is 1. The second kappa shape index (κ2) is 6.04. The minimum atomic E-state index is -3.86. The maximum absolute atomic E-state index is 11.1. The van der Waals surface area contributed by atoms with Crippen LogP contribution < -0.4 is 9.88 Å². The molecule has 0 radical (unpaired) electrons. The molecule has 2 heterocycles. The summed E-state index contributed by atoms with van der Waals surface area (Å²) in [5.41, 5.74) is 0. The van der Waals surface area contributed by atoms with Crippen LogP contribution in [0, 0.1) is 5.92 Å². The predicted molar refractivity (Wildman–Crippen MR) is 73.8 cm³/mol. The standard InChI is InChI=1S/C11H14ClN3O5S/c12-9-3-8(21(13,18)19)4-14-10(9)20-6-7-1-2-15(5-7)11(16)17/h3-4,7H,1-2,5-6H2,(H,16,17)(H2,13,18,19).